The first-order valence-corrected chi connectivity index (χ1v) is 15.1. The van der Waals surface area contributed by atoms with Crippen LogP contribution in [0.5, 0.6) is 0 Å². The number of hydrogen-bond acceptors (Lipinski definition) is 5. The number of carbonyl (C=O) groups is 1. The maximum atomic E-state index is 13.9. The van der Waals surface area contributed by atoms with Crippen molar-refractivity contribution in [3.63, 3.8) is 0 Å². The number of aromatic nitrogens is 1. The first-order chi connectivity index (χ1) is 20.7. The minimum absolute atomic E-state index is 0.0286. The van der Waals surface area contributed by atoms with E-state index in [1.54, 1.807) is 4.90 Å². The molecule has 3 heterocycles. The molecule has 4 rings (SSSR count). The Kier molecular flexibility index (Phi) is 10.4. The fraction of sp³-hybridized carbons (Fsp3) is 0.733. The third-order valence-electron chi connectivity index (χ3n) is 8.80. The number of nitrogens with one attached hydrogen (secondary N) is 1. The van der Waals surface area contributed by atoms with Crippen LogP contribution in [0, 0.1) is 23.2 Å². The van der Waals surface area contributed by atoms with Crippen LogP contribution in [-0.4, -0.2) is 72.3 Å². The molecule has 0 aromatic carbocycles. The standard InChI is InChI=1S/C30H39F9N4O2/c1-18-11-19(2)16-43(15-18)8-4-7-40-25(44)20-5-9-42(10-6-20)17-23-24(29(34,35)36)41-26(45-23)21-12-22(28(31,32)33)14-27(3,13-21)30(37,38)39/h12,14,18-20H,4-11,13,15-17H2,1-3H3,(H,40,44)/t18-,19+,27?. The summed E-state index contributed by atoms with van der Waals surface area (Å²) in [6.07, 6.45) is -13.3. The van der Waals surface area contributed by atoms with Crippen LogP contribution >= 0.6 is 0 Å². The number of alkyl halides is 9. The van der Waals surface area contributed by atoms with Gasteiger partial charge in [-0.3, -0.25) is 9.69 Å². The zero-order valence-electron chi connectivity index (χ0n) is 25.4. The first-order valence-electron chi connectivity index (χ1n) is 15.1. The third-order valence-corrected chi connectivity index (χ3v) is 8.80. The fourth-order valence-electron chi connectivity index (χ4n) is 6.56. The van der Waals surface area contributed by atoms with Crippen molar-refractivity contribution in [2.45, 2.75) is 77.9 Å². The molecule has 3 atom stereocenters. The number of likely N-dealkylation sites (tertiary alicyclic amines) is 2. The van der Waals surface area contributed by atoms with E-state index in [2.05, 4.69) is 29.0 Å². The van der Waals surface area contributed by atoms with Gasteiger partial charge < -0.3 is 14.6 Å². The van der Waals surface area contributed by atoms with Crippen LogP contribution in [0.15, 0.2) is 22.1 Å². The van der Waals surface area contributed by atoms with Crippen molar-refractivity contribution in [1.82, 2.24) is 20.1 Å². The van der Waals surface area contributed by atoms with E-state index in [0.29, 0.717) is 44.2 Å². The number of piperidine rings is 2. The van der Waals surface area contributed by atoms with Crippen LogP contribution in [0.3, 0.4) is 0 Å². The average Bonchev–Trinajstić information content (AvgIpc) is 3.34. The van der Waals surface area contributed by atoms with E-state index < -0.39 is 65.4 Å². The van der Waals surface area contributed by atoms with Crippen LogP contribution in [0.2, 0.25) is 0 Å². The predicted molar refractivity (Wildman–Crippen MR) is 147 cm³/mol. The maximum absolute atomic E-state index is 13.9. The van der Waals surface area contributed by atoms with Gasteiger partial charge in [0.05, 0.1) is 17.5 Å². The summed E-state index contributed by atoms with van der Waals surface area (Å²) in [6.45, 7) is 8.53. The van der Waals surface area contributed by atoms with Crippen LogP contribution < -0.4 is 5.32 Å². The zero-order valence-corrected chi connectivity index (χ0v) is 25.4. The Hall–Kier alpha value is -2.55. The van der Waals surface area contributed by atoms with Gasteiger partial charge in [-0.15, -0.1) is 0 Å². The number of nitrogens with zero attached hydrogens (tertiary/aromatic N) is 3. The quantitative estimate of drug-likeness (QED) is 0.236. The minimum atomic E-state index is -5.18. The molecule has 1 aromatic rings. The van der Waals surface area contributed by atoms with Gasteiger partial charge in [0.1, 0.15) is 0 Å². The van der Waals surface area contributed by atoms with Crippen molar-refractivity contribution in [3.8, 4) is 0 Å². The molecule has 1 unspecified atom stereocenters. The van der Waals surface area contributed by atoms with Gasteiger partial charge in [-0.25, -0.2) is 4.98 Å². The second kappa shape index (κ2) is 13.3. The largest absolute Gasteiger partial charge is 0.439 e. The number of allylic oxidation sites excluding steroid dienone is 4. The minimum Gasteiger partial charge on any atom is -0.439 e. The van der Waals surface area contributed by atoms with Crippen molar-refractivity contribution in [2.24, 2.45) is 23.2 Å². The second-order valence-electron chi connectivity index (χ2n) is 13.0. The van der Waals surface area contributed by atoms with Gasteiger partial charge in [-0.05, 0) is 76.6 Å². The number of amides is 1. The van der Waals surface area contributed by atoms with E-state index in [0.717, 1.165) is 26.1 Å². The van der Waals surface area contributed by atoms with Gasteiger partial charge in [0.15, 0.2) is 11.5 Å². The molecule has 1 aromatic heterocycles. The molecule has 3 aliphatic rings. The van der Waals surface area contributed by atoms with E-state index >= 15 is 0 Å². The molecule has 254 valence electrons. The molecular formula is C30H39F9N4O2. The number of oxazole rings is 1. The molecule has 0 bridgehead atoms. The van der Waals surface area contributed by atoms with Crippen LogP contribution in [0.1, 0.15) is 70.2 Å². The van der Waals surface area contributed by atoms with E-state index in [-0.39, 0.29) is 31.0 Å². The number of halogens is 9. The number of rotatable bonds is 8. The highest BCUT2D eigenvalue weighted by atomic mass is 19.4. The Morgan fingerprint density at radius 1 is 1.00 bits per heavy atom. The fourth-order valence-corrected chi connectivity index (χ4v) is 6.56. The average molecular weight is 659 g/mol. The summed E-state index contributed by atoms with van der Waals surface area (Å²) >= 11 is 0. The lowest BCUT2D eigenvalue weighted by molar-refractivity contribution is -0.199. The Bertz CT molecular complexity index is 1250. The summed E-state index contributed by atoms with van der Waals surface area (Å²) < 4.78 is 129. The molecule has 45 heavy (non-hydrogen) atoms. The van der Waals surface area contributed by atoms with Crippen molar-refractivity contribution in [2.75, 3.05) is 39.3 Å². The Balaban J connectivity index is 1.37. The highest BCUT2D eigenvalue weighted by Gasteiger charge is 2.54. The molecule has 15 heteroatoms. The number of carbonyl (C=O) groups excluding carboxylic acids is 1. The van der Waals surface area contributed by atoms with E-state index in [1.807, 2.05) is 0 Å². The van der Waals surface area contributed by atoms with Gasteiger partial charge in [-0.1, -0.05) is 19.9 Å². The summed E-state index contributed by atoms with van der Waals surface area (Å²) in [6, 6.07) is 0. The normalized spacial score (nSPS) is 26.5. The Morgan fingerprint density at radius 2 is 1.62 bits per heavy atom. The van der Waals surface area contributed by atoms with Crippen molar-refractivity contribution in [3.05, 3.63) is 35.1 Å². The Labute approximate surface area is 256 Å². The van der Waals surface area contributed by atoms with Gasteiger partial charge in [0.2, 0.25) is 11.8 Å². The van der Waals surface area contributed by atoms with Gasteiger partial charge in [0.25, 0.3) is 0 Å². The summed E-state index contributed by atoms with van der Waals surface area (Å²) in [5.74, 6) is -0.830. The molecule has 1 aliphatic carbocycles. The molecule has 6 nitrogen and oxygen atoms in total. The molecule has 1 N–H and O–H groups in total. The molecule has 1 amide bonds. The third kappa shape index (κ3) is 8.83. The molecule has 2 saturated heterocycles. The molecule has 0 spiro atoms. The second-order valence-corrected chi connectivity index (χ2v) is 13.0. The topological polar surface area (TPSA) is 61.6 Å². The molecule has 2 aliphatic heterocycles. The molecule has 0 radical (unpaired) electrons. The summed E-state index contributed by atoms with van der Waals surface area (Å²) in [7, 11) is 0. The monoisotopic (exact) mass is 658 g/mol. The number of hydrogen-bond donors (Lipinski definition) is 1. The lowest BCUT2D eigenvalue weighted by Crippen LogP contribution is -2.42. The van der Waals surface area contributed by atoms with E-state index in [1.165, 1.54) is 6.42 Å². The lowest BCUT2D eigenvalue weighted by atomic mass is 9.77. The zero-order chi connectivity index (χ0) is 33.4. The van der Waals surface area contributed by atoms with Gasteiger partial charge in [0, 0.05) is 31.1 Å². The summed E-state index contributed by atoms with van der Waals surface area (Å²) in [5, 5.41) is 2.95. The van der Waals surface area contributed by atoms with Gasteiger partial charge in [-0.2, -0.15) is 39.5 Å². The highest BCUT2D eigenvalue weighted by molar-refractivity contribution is 5.78. The van der Waals surface area contributed by atoms with Crippen molar-refractivity contribution in [1.29, 1.82) is 0 Å². The SMILES string of the molecule is C[C@@H]1C[C@H](C)CN(CCCNC(=O)C2CCN(Cc3oc(C4=CC(C(F)(F)F)=CC(C)(C(F)(F)F)C4)nc3C(F)(F)F)CC2)C1. The molecular weight excluding hydrogens is 619 g/mol. The predicted octanol–water partition coefficient (Wildman–Crippen LogP) is 7.23. The maximum Gasteiger partial charge on any atom is 0.436 e. The highest BCUT2D eigenvalue weighted by Crippen LogP contribution is 2.51. The van der Waals surface area contributed by atoms with Gasteiger partial charge >= 0.3 is 18.5 Å². The van der Waals surface area contributed by atoms with Crippen LogP contribution in [0.4, 0.5) is 39.5 Å². The van der Waals surface area contributed by atoms with Crippen LogP contribution in [0.25, 0.3) is 5.57 Å². The summed E-state index contributed by atoms with van der Waals surface area (Å²) in [4.78, 5) is 20.1. The van der Waals surface area contributed by atoms with Crippen molar-refractivity contribution < 1.29 is 48.7 Å². The first kappa shape index (κ1) is 35.3. The van der Waals surface area contributed by atoms with E-state index in [4.69, 9.17) is 4.42 Å². The Morgan fingerprint density at radius 3 is 2.18 bits per heavy atom. The van der Waals surface area contributed by atoms with E-state index in [9.17, 15) is 44.3 Å². The lowest BCUT2D eigenvalue weighted by Gasteiger charge is -2.35. The van der Waals surface area contributed by atoms with Crippen molar-refractivity contribution >= 4 is 11.5 Å². The molecule has 0 saturated carbocycles. The molecule has 2 fully saturated rings. The van der Waals surface area contributed by atoms with Crippen LogP contribution in [-0.2, 0) is 17.5 Å². The summed E-state index contributed by atoms with van der Waals surface area (Å²) in [5.41, 5.74) is -6.89. The smallest absolute Gasteiger partial charge is 0.436 e.